The molecule has 0 aliphatic carbocycles. The number of hydrogen-bond acceptors (Lipinski definition) is 3. The monoisotopic (exact) mass is 202 g/mol. The van der Waals surface area contributed by atoms with E-state index in [1.807, 2.05) is 24.3 Å². The molecule has 15 heavy (non-hydrogen) atoms. The first-order valence-electron chi connectivity index (χ1n) is 4.46. The minimum atomic E-state index is -0.556. The summed E-state index contributed by atoms with van der Waals surface area (Å²) < 4.78 is 5.10. The van der Waals surface area contributed by atoms with Gasteiger partial charge in [-0.15, -0.1) is 0 Å². The lowest BCUT2D eigenvalue weighted by Gasteiger charge is -2.05. The maximum absolute atomic E-state index is 11.0. The molecule has 1 aromatic carbocycles. The van der Waals surface area contributed by atoms with Crippen LogP contribution in [0.1, 0.15) is 10.5 Å². The van der Waals surface area contributed by atoms with Gasteiger partial charge in [-0.05, 0) is 17.5 Å². The van der Waals surface area contributed by atoms with Crippen molar-refractivity contribution in [2.75, 3.05) is 7.11 Å². The highest BCUT2D eigenvalue weighted by atomic mass is 16.5. The molecule has 4 heteroatoms. The van der Waals surface area contributed by atoms with Crippen LogP contribution in [0.25, 0.3) is 10.8 Å². The number of ether oxygens (including phenoxy) is 1. The zero-order chi connectivity index (χ0) is 10.8. The van der Waals surface area contributed by atoms with Crippen molar-refractivity contribution in [3.63, 3.8) is 0 Å². The number of nitrogens with two attached hydrogens (primary N) is 1. The quantitative estimate of drug-likeness (QED) is 0.799. The molecule has 0 aliphatic rings. The molecule has 4 nitrogen and oxygen atoms in total. The molecular weight excluding hydrogens is 192 g/mol. The van der Waals surface area contributed by atoms with Crippen molar-refractivity contribution in [1.29, 1.82) is 0 Å². The van der Waals surface area contributed by atoms with E-state index in [4.69, 9.17) is 10.5 Å². The summed E-state index contributed by atoms with van der Waals surface area (Å²) in [6, 6.07) is 9.18. The van der Waals surface area contributed by atoms with Crippen molar-refractivity contribution in [3.8, 4) is 5.88 Å². The lowest BCUT2D eigenvalue weighted by atomic mass is 10.1. The molecule has 0 radical (unpaired) electrons. The zero-order valence-corrected chi connectivity index (χ0v) is 8.23. The third-order valence-electron chi connectivity index (χ3n) is 2.15. The lowest BCUT2D eigenvalue weighted by molar-refractivity contribution is 0.0995. The number of carbonyl (C=O) groups excluding carboxylic acids is 1. The van der Waals surface area contributed by atoms with E-state index in [0.717, 1.165) is 10.8 Å². The Bertz CT molecular complexity index is 523. The predicted molar refractivity (Wildman–Crippen MR) is 56.8 cm³/mol. The molecule has 0 saturated carbocycles. The third kappa shape index (κ3) is 1.61. The normalized spacial score (nSPS) is 10.2. The summed E-state index contributed by atoms with van der Waals surface area (Å²) >= 11 is 0. The van der Waals surface area contributed by atoms with Gasteiger partial charge in [0.25, 0.3) is 5.91 Å². The van der Waals surface area contributed by atoms with Gasteiger partial charge >= 0.3 is 0 Å². The van der Waals surface area contributed by atoms with E-state index in [9.17, 15) is 4.79 Å². The maximum Gasteiger partial charge on any atom is 0.267 e. The lowest BCUT2D eigenvalue weighted by Crippen LogP contribution is -2.13. The number of amides is 1. The average molecular weight is 202 g/mol. The van der Waals surface area contributed by atoms with E-state index in [1.165, 1.54) is 7.11 Å². The summed E-state index contributed by atoms with van der Waals surface area (Å²) in [6.45, 7) is 0. The van der Waals surface area contributed by atoms with Crippen LogP contribution in [0.3, 0.4) is 0 Å². The van der Waals surface area contributed by atoms with Crippen molar-refractivity contribution in [2.24, 2.45) is 5.73 Å². The van der Waals surface area contributed by atoms with E-state index in [2.05, 4.69) is 4.98 Å². The number of aromatic nitrogens is 1. The molecule has 1 heterocycles. The fourth-order valence-electron chi connectivity index (χ4n) is 1.45. The number of hydrogen-bond donors (Lipinski definition) is 1. The number of methoxy groups -OCH3 is 1. The smallest absolute Gasteiger partial charge is 0.267 e. The van der Waals surface area contributed by atoms with Crippen molar-refractivity contribution >= 4 is 16.7 Å². The summed E-state index contributed by atoms with van der Waals surface area (Å²) in [4.78, 5) is 15.0. The number of benzene rings is 1. The molecule has 0 saturated heterocycles. The van der Waals surface area contributed by atoms with E-state index < -0.39 is 5.91 Å². The van der Waals surface area contributed by atoms with Crippen LogP contribution < -0.4 is 10.5 Å². The molecule has 0 atom stereocenters. The van der Waals surface area contributed by atoms with Crippen molar-refractivity contribution in [2.45, 2.75) is 0 Å². The Morgan fingerprint density at radius 3 is 2.80 bits per heavy atom. The van der Waals surface area contributed by atoms with Gasteiger partial charge < -0.3 is 10.5 Å². The van der Waals surface area contributed by atoms with Gasteiger partial charge in [-0.2, -0.15) is 0 Å². The second-order valence-corrected chi connectivity index (χ2v) is 3.10. The highest BCUT2D eigenvalue weighted by Crippen LogP contribution is 2.23. The highest BCUT2D eigenvalue weighted by molar-refractivity contribution is 5.97. The molecule has 0 aliphatic heterocycles. The number of nitrogens with zero attached hydrogens (tertiary/aromatic N) is 1. The van der Waals surface area contributed by atoms with Gasteiger partial charge in [-0.3, -0.25) is 4.79 Å². The molecular formula is C11H10N2O2. The van der Waals surface area contributed by atoms with Crippen molar-refractivity contribution in [1.82, 2.24) is 4.98 Å². The molecule has 0 bridgehead atoms. The Kier molecular flexibility index (Phi) is 2.25. The second kappa shape index (κ2) is 3.57. The summed E-state index contributed by atoms with van der Waals surface area (Å²) in [6.07, 6.45) is 0. The van der Waals surface area contributed by atoms with Gasteiger partial charge in [0, 0.05) is 5.39 Å². The van der Waals surface area contributed by atoms with Gasteiger partial charge in [0.05, 0.1) is 7.11 Å². The maximum atomic E-state index is 11.0. The molecule has 2 rings (SSSR count). The second-order valence-electron chi connectivity index (χ2n) is 3.10. The number of primary amides is 1. The Hall–Kier alpha value is -2.10. The minimum Gasteiger partial charge on any atom is -0.481 e. The van der Waals surface area contributed by atoms with Gasteiger partial charge in [0.15, 0.2) is 0 Å². The summed E-state index contributed by atoms with van der Waals surface area (Å²) in [5, 5.41) is 1.75. The van der Waals surface area contributed by atoms with Crippen LogP contribution in [0.2, 0.25) is 0 Å². The first-order chi connectivity index (χ1) is 7.22. The molecule has 2 N–H and O–H groups in total. The third-order valence-corrected chi connectivity index (χ3v) is 2.15. The van der Waals surface area contributed by atoms with Gasteiger partial charge in [0.1, 0.15) is 5.69 Å². The van der Waals surface area contributed by atoms with Crippen LogP contribution in [-0.4, -0.2) is 18.0 Å². The first kappa shape index (κ1) is 9.45. The zero-order valence-electron chi connectivity index (χ0n) is 8.23. The molecule has 0 fully saturated rings. The Balaban J connectivity index is 2.77. The number of fused-ring (bicyclic) bond motifs is 1. The summed E-state index contributed by atoms with van der Waals surface area (Å²) in [7, 11) is 1.51. The fourth-order valence-corrected chi connectivity index (χ4v) is 1.45. The largest absolute Gasteiger partial charge is 0.481 e. The van der Waals surface area contributed by atoms with Crippen LogP contribution in [0, 0.1) is 0 Å². The SMILES string of the molecule is COc1nc(C(N)=O)cc2ccccc12. The molecule has 1 aromatic heterocycles. The molecule has 0 spiro atoms. The topological polar surface area (TPSA) is 65.2 Å². The van der Waals surface area contributed by atoms with Crippen molar-refractivity contribution in [3.05, 3.63) is 36.0 Å². The van der Waals surface area contributed by atoms with Gasteiger partial charge in [-0.1, -0.05) is 18.2 Å². The van der Waals surface area contributed by atoms with E-state index in [0.29, 0.717) is 5.88 Å². The van der Waals surface area contributed by atoms with Crippen LogP contribution in [-0.2, 0) is 0 Å². The average Bonchev–Trinajstić information content (AvgIpc) is 2.27. The molecule has 2 aromatic rings. The highest BCUT2D eigenvalue weighted by Gasteiger charge is 2.08. The van der Waals surface area contributed by atoms with E-state index in [-0.39, 0.29) is 5.69 Å². The van der Waals surface area contributed by atoms with Crippen LogP contribution in [0.5, 0.6) is 5.88 Å². The number of pyridine rings is 1. The number of carbonyl (C=O) groups is 1. The molecule has 0 unspecified atom stereocenters. The van der Waals surface area contributed by atoms with Gasteiger partial charge in [0.2, 0.25) is 5.88 Å². The minimum absolute atomic E-state index is 0.213. The Morgan fingerprint density at radius 1 is 1.40 bits per heavy atom. The van der Waals surface area contributed by atoms with Crippen LogP contribution in [0.4, 0.5) is 0 Å². The molecule has 1 amide bonds. The molecule has 76 valence electrons. The Morgan fingerprint density at radius 2 is 2.13 bits per heavy atom. The summed E-state index contributed by atoms with van der Waals surface area (Å²) in [5.74, 6) is -0.138. The number of rotatable bonds is 2. The fraction of sp³-hybridized carbons (Fsp3) is 0.0909. The van der Waals surface area contributed by atoms with Crippen LogP contribution in [0.15, 0.2) is 30.3 Å². The van der Waals surface area contributed by atoms with Gasteiger partial charge in [-0.25, -0.2) is 4.98 Å². The van der Waals surface area contributed by atoms with Crippen molar-refractivity contribution < 1.29 is 9.53 Å². The summed E-state index contributed by atoms with van der Waals surface area (Å²) in [5.41, 5.74) is 5.38. The predicted octanol–water partition coefficient (Wildman–Crippen LogP) is 1.34. The van der Waals surface area contributed by atoms with E-state index >= 15 is 0 Å². The van der Waals surface area contributed by atoms with E-state index in [1.54, 1.807) is 6.07 Å². The standard InChI is InChI=1S/C11H10N2O2/c1-15-11-8-5-3-2-4-7(8)6-9(13-11)10(12)14/h2-6H,1H3,(H2,12,14). The first-order valence-corrected chi connectivity index (χ1v) is 4.46. The Labute approximate surface area is 86.7 Å². The van der Waals surface area contributed by atoms with Crippen LogP contribution >= 0.6 is 0 Å².